The number of amides is 1. The van der Waals surface area contributed by atoms with Gasteiger partial charge >= 0.3 is 6.09 Å². The molecule has 92 valence electrons. The van der Waals surface area contributed by atoms with Crippen molar-refractivity contribution in [1.82, 2.24) is 9.88 Å². The van der Waals surface area contributed by atoms with Gasteiger partial charge in [0.15, 0.2) is 0 Å². The molecule has 1 aliphatic heterocycles. The number of hydrogen-bond donors (Lipinski definition) is 1. The van der Waals surface area contributed by atoms with Crippen LogP contribution in [0.3, 0.4) is 0 Å². The lowest BCUT2D eigenvalue weighted by Crippen LogP contribution is -2.20. The van der Waals surface area contributed by atoms with Crippen LogP contribution in [0.25, 0.3) is 0 Å². The summed E-state index contributed by atoms with van der Waals surface area (Å²) in [6, 6.07) is 3.86. The van der Waals surface area contributed by atoms with Crippen molar-refractivity contribution in [3.63, 3.8) is 0 Å². The Balaban J connectivity index is 1.93. The first-order valence-corrected chi connectivity index (χ1v) is 5.65. The zero-order chi connectivity index (χ0) is 12.3. The molecule has 0 spiro atoms. The van der Waals surface area contributed by atoms with Crippen molar-refractivity contribution < 1.29 is 14.6 Å². The molecule has 1 amide bonds. The fourth-order valence-corrected chi connectivity index (χ4v) is 1.86. The molecule has 2 heterocycles. The van der Waals surface area contributed by atoms with E-state index < -0.39 is 0 Å². The van der Waals surface area contributed by atoms with Crippen LogP contribution in [-0.2, 0) is 17.6 Å². The van der Waals surface area contributed by atoms with Crippen LogP contribution in [-0.4, -0.2) is 47.4 Å². The number of carbonyl (C=O) groups excluding carboxylic acids is 1. The number of ether oxygens (including phenoxy) is 1. The molecule has 2 rings (SSSR count). The average molecular weight is 236 g/mol. The normalized spacial score (nSPS) is 19.5. The van der Waals surface area contributed by atoms with Gasteiger partial charge in [-0.3, -0.25) is 4.98 Å². The molecule has 0 radical (unpaired) electrons. The zero-order valence-corrected chi connectivity index (χ0v) is 9.80. The maximum atomic E-state index is 11.2. The summed E-state index contributed by atoms with van der Waals surface area (Å²) in [5.74, 6) is 0. The summed E-state index contributed by atoms with van der Waals surface area (Å²) in [7, 11) is 1.73. The summed E-state index contributed by atoms with van der Waals surface area (Å²) in [5.41, 5.74) is 1.91. The van der Waals surface area contributed by atoms with Crippen LogP contribution < -0.4 is 0 Å². The summed E-state index contributed by atoms with van der Waals surface area (Å²) in [4.78, 5) is 17.0. The van der Waals surface area contributed by atoms with Gasteiger partial charge in [-0.2, -0.15) is 0 Å². The van der Waals surface area contributed by atoms with Crippen molar-refractivity contribution in [2.45, 2.75) is 18.9 Å². The maximum absolute atomic E-state index is 11.2. The second-order valence-electron chi connectivity index (χ2n) is 4.22. The van der Waals surface area contributed by atoms with E-state index in [0.717, 1.165) is 11.3 Å². The van der Waals surface area contributed by atoms with Crippen LogP contribution >= 0.6 is 0 Å². The molecule has 0 saturated carbocycles. The Morgan fingerprint density at radius 3 is 2.94 bits per heavy atom. The summed E-state index contributed by atoms with van der Waals surface area (Å²) >= 11 is 0. The molecule has 0 aliphatic carbocycles. The third-order valence-electron chi connectivity index (χ3n) is 2.77. The van der Waals surface area contributed by atoms with E-state index in [-0.39, 0.29) is 18.8 Å². The molecular weight excluding hydrogens is 220 g/mol. The molecular formula is C12H16N2O3. The van der Waals surface area contributed by atoms with Crippen LogP contribution in [0.1, 0.15) is 11.3 Å². The van der Waals surface area contributed by atoms with Crippen molar-refractivity contribution in [3.8, 4) is 0 Å². The predicted molar refractivity (Wildman–Crippen MR) is 61.6 cm³/mol. The van der Waals surface area contributed by atoms with Crippen molar-refractivity contribution in [2.75, 3.05) is 20.2 Å². The summed E-state index contributed by atoms with van der Waals surface area (Å²) in [6.07, 6.45) is 2.68. The first kappa shape index (κ1) is 11.9. The molecule has 1 aromatic rings. The number of aliphatic hydroxyl groups excluding tert-OH is 1. The number of aromatic nitrogens is 1. The molecule has 1 aliphatic rings. The van der Waals surface area contributed by atoms with Crippen molar-refractivity contribution in [3.05, 3.63) is 29.6 Å². The van der Waals surface area contributed by atoms with E-state index >= 15 is 0 Å². The standard InChI is InChI=1S/C12H16N2O3/c1-14-8-11(17-12(14)16)6-9-2-3-10(4-5-15)13-7-9/h2-3,7,11,15H,4-6,8H2,1H3/t11-/m0/s1. The van der Waals surface area contributed by atoms with Gasteiger partial charge < -0.3 is 14.7 Å². The quantitative estimate of drug-likeness (QED) is 0.832. The maximum Gasteiger partial charge on any atom is 0.409 e. The molecule has 1 saturated heterocycles. The number of aliphatic hydroxyl groups is 1. The molecule has 0 aromatic carbocycles. The SMILES string of the molecule is CN1C[C@H](Cc2ccc(CCO)nc2)OC1=O. The van der Waals surface area contributed by atoms with Gasteiger partial charge in [-0.25, -0.2) is 4.79 Å². The third-order valence-corrected chi connectivity index (χ3v) is 2.77. The molecule has 0 bridgehead atoms. The van der Waals surface area contributed by atoms with E-state index in [1.165, 1.54) is 0 Å². The van der Waals surface area contributed by atoms with Crippen molar-refractivity contribution >= 4 is 6.09 Å². The molecule has 5 nitrogen and oxygen atoms in total. The number of rotatable bonds is 4. The van der Waals surface area contributed by atoms with Gasteiger partial charge in [-0.05, 0) is 11.6 Å². The number of nitrogens with zero attached hydrogens (tertiary/aromatic N) is 2. The summed E-state index contributed by atoms with van der Waals surface area (Å²) in [6.45, 7) is 0.731. The van der Waals surface area contributed by atoms with E-state index in [2.05, 4.69) is 4.98 Å². The molecule has 0 unspecified atom stereocenters. The lowest BCUT2D eigenvalue weighted by atomic mass is 10.1. The van der Waals surface area contributed by atoms with Crippen LogP contribution in [0.15, 0.2) is 18.3 Å². The highest BCUT2D eigenvalue weighted by Gasteiger charge is 2.28. The molecule has 1 aromatic heterocycles. The number of likely N-dealkylation sites (N-methyl/N-ethyl adjacent to an activating group) is 1. The van der Waals surface area contributed by atoms with Crippen LogP contribution in [0.2, 0.25) is 0 Å². The smallest absolute Gasteiger partial charge is 0.409 e. The van der Waals surface area contributed by atoms with Crippen molar-refractivity contribution in [2.24, 2.45) is 0 Å². The monoisotopic (exact) mass is 236 g/mol. The Kier molecular flexibility index (Phi) is 3.58. The van der Waals surface area contributed by atoms with Crippen LogP contribution in [0, 0.1) is 0 Å². The second-order valence-corrected chi connectivity index (χ2v) is 4.22. The molecule has 1 fully saturated rings. The number of cyclic esters (lactones) is 1. The first-order chi connectivity index (χ1) is 8.19. The lowest BCUT2D eigenvalue weighted by molar-refractivity contribution is 0.134. The zero-order valence-electron chi connectivity index (χ0n) is 9.80. The van der Waals surface area contributed by atoms with Gasteiger partial charge in [0.05, 0.1) is 6.54 Å². The fourth-order valence-electron chi connectivity index (χ4n) is 1.86. The Morgan fingerprint density at radius 2 is 2.41 bits per heavy atom. The van der Waals surface area contributed by atoms with Gasteiger partial charge in [0.1, 0.15) is 6.10 Å². The summed E-state index contributed by atoms with van der Waals surface area (Å²) in [5, 5.41) is 8.77. The first-order valence-electron chi connectivity index (χ1n) is 5.65. The largest absolute Gasteiger partial charge is 0.444 e. The molecule has 1 atom stereocenters. The predicted octanol–water partition coefficient (Wildman–Crippen LogP) is 0.609. The number of carbonyl (C=O) groups is 1. The highest BCUT2D eigenvalue weighted by Crippen LogP contribution is 2.14. The number of pyridine rings is 1. The third kappa shape index (κ3) is 2.94. The Labute approximate surface area is 100 Å². The minimum absolute atomic E-state index is 0.0852. The Morgan fingerprint density at radius 1 is 1.59 bits per heavy atom. The van der Waals surface area contributed by atoms with Gasteiger partial charge in [-0.15, -0.1) is 0 Å². The number of hydrogen-bond acceptors (Lipinski definition) is 4. The van der Waals surface area contributed by atoms with Crippen LogP contribution in [0.4, 0.5) is 4.79 Å². The topological polar surface area (TPSA) is 62.7 Å². The van der Waals surface area contributed by atoms with E-state index in [4.69, 9.17) is 9.84 Å². The van der Waals surface area contributed by atoms with Gasteiger partial charge in [0.25, 0.3) is 0 Å². The Bertz CT molecular complexity index is 391. The highest BCUT2D eigenvalue weighted by molar-refractivity contribution is 5.69. The molecule has 17 heavy (non-hydrogen) atoms. The highest BCUT2D eigenvalue weighted by atomic mass is 16.6. The average Bonchev–Trinajstić information content (AvgIpc) is 2.61. The van der Waals surface area contributed by atoms with Gasteiger partial charge in [0, 0.05) is 38.4 Å². The van der Waals surface area contributed by atoms with E-state index in [1.54, 1.807) is 18.1 Å². The fraction of sp³-hybridized carbons (Fsp3) is 0.500. The van der Waals surface area contributed by atoms with E-state index in [9.17, 15) is 4.79 Å². The van der Waals surface area contributed by atoms with Gasteiger partial charge in [-0.1, -0.05) is 6.07 Å². The minimum Gasteiger partial charge on any atom is -0.444 e. The van der Waals surface area contributed by atoms with Crippen LogP contribution in [0.5, 0.6) is 0 Å². The molecule has 1 N–H and O–H groups in total. The van der Waals surface area contributed by atoms with Crippen molar-refractivity contribution in [1.29, 1.82) is 0 Å². The van der Waals surface area contributed by atoms with Gasteiger partial charge in [0.2, 0.25) is 0 Å². The summed E-state index contributed by atoms with van der Waals surface area (Å²) < 4.78 is 5.17. The minimum atomic E-state index is -0.264. The van der Waals surface area contributed by atoms with E-state index in [1.807, 2.05) is 12.1 Å². The second kappa shape index (κ2) is 5.14. The van der Waals surface area contributed by atoms with E-state index in [0.29, 0.717) is 19.4 Å². The lowest BCUT2D eigenvalue weighted by Gasteiger charge is -2.08. The Hall–Kier alpha value is -1.62. The molecule has 5 heteroatoms.